The molecule has 0 N–H and O–H groups in total. The van der Waals surface area contributed by atoms with E-state index in [0.29, 0.717) is 21.6 Å². The molecule has 2 aromatic carbocycles. The van der Waals surface area contributed by atoms with Gasteiger partial charge in [0.1, 0.15) is 11.5 Å². The van der Waals surface area contributed by atoms with Crippen LogP contribution in [-0.4, -0.2) is 36.2 Å². The highest BCUT2D eigenvalue weighted by Crippen LogP contribution is 2.39. The van der Waals surface area contributed by atoms with Crippen molar-refractivity contribution in [3.8, 4) is 11.5 Å². The molecule has 0 spiro atoms. The van der Waals surface area contributed by atoms with Crippen LogP contribution < -0.4 is 9.47 Å². The Bertz CT molecular complexity index is 942. The van der Waals surface area contributed by atoms with Gasteiger partial charge in [0.2, 0.25) is 0 Å². The molecular weight excluding hydrogens is 440 g/mol. The smallest absolute Gasteiger partial charge is 0.266 e. The summed E-state index contributed by atoms with van der Waals surface area (Å²) in [5.41, 5.74) is 1.60. The molecule has 7 heteroatoms. The summed E-state index contributed by atoms with van der Waals surface area (Å²) < 4.78 is 11.6. The van der Waals surface area contributed by atoms with E-state index in [-0.39, 0.29) is 11.9 Å². The zero-order valence-electron chi connectivity index (χ0n) is 16.1. The van der Waals surface area contributed by atoms with Gasteiger partial charge in [-0.3, -0.25) is 9.69 Å². The lowest BCUT2D eigenvalue weighted by atomic mass is 10.1. The van der Waals surface area contributed by atoms with Crippen LogP contribution in [0.1, 0.15) is 19.4 Å². The van der Waals surface area contributed by atoms with Crippen LogP contribution in [0.5, 0.6) is 11.5 Å². The maximum Gasteiger partial charge on any atom is 0.266 e. The molecule has 0 aliphatic carbocycles. The zero-order chi connectivity index (χ0) is 20.3. The van der Waals surface area contributed by atoms with Crippen molar-refractivity contribution in [3.05, 3.63) is 57.4 Å². The highest BCUT2D eigenvalue weighted by molar-refractivity contribution is 9.10. The normalized spacial score (nSPS) is 17.1. The van der Waals surface area contributed by atoms with E-state index >= 15 is 0 Å². The summed E-state index contributed by atoms with van der Waals surface area (Å²) in [7, 11) is 3.19. The number of nitrogens with zero attached hydrogens (tertiary/aromatic N) is 2. The van der Waals surface area contributed by atoms with Gasteiger partial charge < -0.3 is 9.47 Å². The van der Waals surface area contributed by atoms with Crippen LogP contribution in [-0.2, 0) is 4.79 Å². The molecule has 1 fully saturated rings. The lowest BCUT2D eigenvalue weighted by Crippen LogP contribution is -2.35. The second kappa shape index (κ2) is 8.84. The van der Waals surface area contributed by atoms with E-state index in [9.17, 15) is 4.79 Å². The van der Waals surface area contributed by atoms with Crippen molar-refractivity contribution in [2.45, 2.75) is 19.9 Å². The Labute approximate surface area is 177 Å². The van der Waals surface area contributed by atoms with Crippen LogP contribution in [0.25, 0.3) is 6.08 Å². The average Bonchev–Trinajstić information content (AvgIpc) is 2.98. The number of hydrogen-bond donors (Lipinski definition) is 0. The first-order valence-electron chi connectivity index (χ1n) is 8.73. The Hall–Kier alpha value is -2.25. The van der Waals surface area contributed by atoms with Gasteiger partial charge in [-0.05, 0) is 65.8 Å². The maximum absolute atomic E-state index is 13.0. The summed E-state index contributed by atoms with van der Waals surface area (Å²) in [6, 6.07) is 13.3. The van der Waals surface area contributed by atoms with Gasteiger partial charge in [0, 0.05) is 17.7 Å². The fourth-order valence-electron chi connectivity index (χ4n) is 2.77. The number of carbonyl (C=O) groups excluding carboxylic acids is 1. The molecule has 28 heavy (non-hydrogen) atoms. The van der Waals surface area contributed by atoms with Gasteiger partial charge >= 0.3 is 0 Å². The molecule has 1 aliphatic rings. The second-order valence-corrected chi connectivity index (χ2v) is 8.20. The summed E-state index contributed by atoms with van der Waals surface area (Å²) in [6.45, 7) is 3.96. The van der Waals surface area contributed by atoms with E-state index in [1.165, 1.54) is 11.8 Å². The minimum absolute atomic E-state index is 0.00198. The van der Waals surface area contributed by atoms with Gasteiger partial charge in [-0.1, -0.05) is 18.2 Å². The Kier molecular flexibility index (Phi) is 6.46. The number of para-hydroxylation sites is 1. The van der Waals surface area contributed by atoms with Crippen molar-refractivity contribution < 1.29 is 14.3 Å². The largest absolute Gasteiger partial charge is 0.496 e. The average molecular weight is 461 g/mol. The van der Waals surface area contributed by atoms with Crippen LogP contribution in [0.15, 0.2) is 56.8 Å². The Morgan fingerprint density at radius 3 is 2.39 bits per heavy atom. The van der Waals surface area contributed by atoms with Crippen LogP contribution in [0.2, 0.25) is 0 Å². The molecule has 0 aromatic heterocycles. The standard InChI is InChI=1S/C21H21BrN2O3S/c1-13(2)24-20(25)19(28-21(24)23-15-8-6-5-7-9-15)11-14-10-16(22)18(27-4)12-17(14)26-3/h5-13H,1-4H3/b19-11+,23-21?. The number of amidine groups is 1. The molecule has 3 rings (SSSR count). The highest BCUT2D eigenvalue weighted by Gasteiger charge is 2.35. The van der Waals surface area contributed by atoms with Gasteiger partial charge in [-0.25, -0.2) is 4.99 Å². The third kappa shape index (κ3) is 4.25. The molecule has 0 saturated carbocycles. The topological polar surface area (TPSA) is 51.1 Å². The van der Waals surface area contributed by atoms with Gasteiger partial charge in [0.25, 0.3) is 5.91 Å². The lowest BCUT2D eigenvalue weighted by molar-refractivity contribution is -0.123. The van der Waals surface area contributed by atoms with Crippen LogP contribution in [0.3, 0.4) is 0 Å². The van der Waals surface area contributed by atoms with Gasteiger partial charge in [0.15, 0.2) is 5.17 Å². The molecule has 1 heterocycles. The molecule has 0 atom stereocenters. The fourth-order valence-corrected chi connectivity index (χ4v) is 4.40. The van der Waals surface area contributed by atoms with E-state index in [1.54, 1.807) is 25.2 Å². The van der Waals surface area contributed by atoms with Crippen LogP contribution in [0, 0.1) is 0 Å². The molecule has 0 unspecified atom stereocenters. The van der Waals surface area contributed by atoms with E-state index < -0.39 is 0 Å². The number of methoxy groups -OCH3 is 2. The van der Waals surface area contributed by atoms with E-state index in [0.717, 1.165) is 15.7 Å². The number of halogens is 1. The second-order valence-electron chi connectivity index (χ2n) is 6.34. The van der Waals surface area contributed by atoms with E-state index in [4.69, 9.17) is 9.47 Å². The highest BCUT2D eigenvalue weighted by atomic mass is 79.9. The third-order valence-electron chi connectivity index (χ3n) is 4.12. The van der Waals surface area contributed by atoms with E-state index in [2.05, 4.69) is 20.9 Å². The summed E-state index contributed by atoms with van der Waals surface area (Å²) in [6.07, 6.45) is 1.83. The minimum atomic E-state index is -0.0660. The number of rotatable bonds is 5. The summed E-state index contributed by atoms with van der Waals surface area (Å²) in [4.78, 5) is 20.0. The van der Waals surface area contributed by atoms with Crippen LogP contribution in [0.4, 0.5) is 5.69 Å². The molecule has 146 valence electrons. The van der Waals surface area contributed by atoms with Gasteiger partial charge in [-0.15, -0.1) is 0 Å². The monoisotopic (exact) mass is 460 g/mol. The number of aliphatic imine (C=N–C) groups is 1. The lowest BCUT2D eigenvalue weighted by Gasteiger charge is -2.19. The molecule has 2 aromatic rings. The SMILES string of the molecule is COc1cc(OC)c(/C=C2/SC(=Nc3ccccc3)N(C(C)C)C2=O)cc1Br. The van der Waals surface area contributed by atoms with Gasteiger partial charge in [-0.2, -0.15) is 0 Å². The quantitative estimate of drug-likeness (QED) is 0.554. The van der Waals surface area contributed by atoms with Gasteiger partial charge in [0.05, 0.1) is 29.3 Å². The third-order valence-corrected chi connectivity index (χ3v) is 5.73. The number of ether oxygens (including phenoxy) is 2. The predicted molar refractivity (Wildman–Crippen MR) is 118 cm³/mol. The Balaban J connectivity index is 2.02. The minimum Gasteiger partial charge on any atom is -0.496 e. The molecule has 0 bridgehead atoms. The number of benzene rings is 2. The summed E-state index contributed by atoms with van der Waals surface area (Å²) in [5.74, 6) is 1.23. The van der Waals surface area contributed by atoms with Crippen molar-refractivity contribution in [3.63, 3.8) is 0 Å². The van der Waals surface area contributed by atoms with Crippen LogP contribution >= 0.6 is 27.7 Å². The fraction of sp³-hybridized carbons (Fsp3) is 0.238. The van der Waals surface area contributed by atoms with E-state index in [1.807, 2.05) is 56.3 Å². The summed E-state index contributed by atoms with van der Waals surface area (Å²) >= 11 is 4.86. The molecule has 1 aliphatic heterocycles. The van der Waals surface area contributed by atoms with Crippen molar-refractivity contribution in [1.82, 2.24) is 4.90 Å². The molecule has 0 radical (unpaired) electrons. The molecule has 5 nitrogen and oxygen atoms in total. The zero-order valence-corrected chi connectivity index (χ0v) is 18.5. The molecular formula is C21H21BrN2O3S. The van der Waals surface area contributed by atoms with Crippen molar-refractivity contribution in [2.75, 3.05) is 14.2 Å². The number of thioether (sulfide) groups is 1. The number of amides is 1. The first-order chi connectivity index (χ1) is 13.4. The first kappa shape index (κ1) is 20.5. The van der Waals surface area contributed by atoms with Crippen molar-refractivity contribution in [1.29, 1.82) is 0 Å². The first-order valence-corrected chi connectivity index (χ1v) is 10.3. The number of carbonyl (C=O) groups is 1. The van der Waals surface area contributed by atoms with Crippen molar-refractivity contribution in [2.24, 2.45) is 4.99 Å². The predicted octanol–water partition coefficient (Wildman–Crippen LogP) is 5.48. The Morgan fingerprint density at radius 1 is 1.11 bits per heavy atom. The Morgan fingerprint density at radius 2 is 1.79 bits per heavy atom. The summed E-state index contributed by atoms with van der Waals surface area (Å²) in [5, 5.41) is 0.670. The van der Waals surface area contributed by atoms with Crippen molar-refractivity contribution >= 4 is 50.5 Å². The maximum atomic E-state index is 13.0. The number of hydrogen-bond acceptors (Lipinski definition) is 5. The molecule has 1 saturated heterocycles. The molecule has 1 amide bonds.